The van der Waals surface area contributed by atoms with Gasteiger partial charge in [-0.3, -0.25) is 9.59 Å². The molecule has 146 valence electrons. The highest BCUT2D eigenvalue weighted by Crippen LogP contribution is 2.21. The monoisotopic (exact) mass is 375 g/mol. The predicted molar refractivity (Wildman–Crippen MR) is 100 cm³/mol. The number of carbonyl (C=O) groups excluding carboxylic acids is 2. The van der Waals surface area contributed by atoms with Gasteiger partial charge in [-0.15, -0.1) is 0 Å². The molecule has 2 amide bonds. The van der Waals surface area contributed by atoms with Crippen molar-refractivity contribution >= 4 is 11.8 Å². The number of benzene rings is 1. The van der Waals surface area contributed by atoms with E-state index < -0.39 is 0 Å². The molecule has 6 nitrogen and oxygen atoms in total. The quantitative estimate of drug-likeness (QED) is 0.806. The lowest BCUT2D eigenvalue weighted by atomic mass is 10.1. The van der Waals surface area contributed by atoms with Gasteiger partial charge in [-0.1, -0.05) is 0 Å². The van der Waals surface area contributed by atoms with Crippen LogP contribution < -0.4 is 5.32 Å². The van der Waals surface area contributed by atoms with Gasteiger partial charge >= 0.3 is 0 Å². The summed E-state index contributed by atoms with van der Waals surface area (Å²) < 4.78 is 18.6. The summed E-state index contributed by atoms with van der Waals surface area (Å²) in [6.07, 6.45) is 2.08. The summed E-state index contributed by atoms with van der Waals surface area (Å²) in [5.74, 6) is 0.307. The van der Waals surface area contributed by atoms with Crippen molar-refractivity contribution in [3.8, 4) is 11.3 Å². The predicted octanol–water partition coefficient (Wildman–Crippen LogP) is 3.18. The number of hydrogen-bond acceptors (Lipinski definition) is 4. The zero-order chi connectivity index (χ0) is 20.0. The first kappa shape index (κ1) is 20.6. The van der Waals surface area contributed by atoms with E-state index in [0.29, 0.717) is 24.6 Å². The Bertz CT molecular complexity index is 779. The van der Waals surface area contributed by atoms with Crippen LogP contribution >= 0.6 is 0 Å². The van der Waals surface area contributed by atoms with E-state index in [1.807, 2.05) is 27.7 Å². The minimum absolute atomic E-state index is 0.0268. The van der Waals surface area contributed by atoms with E-state index in [0.717, 1.165) is 5.56 Å². The Kier molecular flexibility index (Phi) is 6.71. The van der Waals surface area contributed by atoms with E-state index in [-0.39, 0.29) is 36.1 Å². The number of aryl methyl sites for hydroxylation is 1. The van der Waals surface area contributed by atoms with Crippen LogP contribution in [0.3, 0.4) is 0 Å². The van der Waals surface area contributed by atoms with Gasteiger partial charge in [-0.2, -0.15) is 0 Å². The van der Waals surface area contributed by atoms with Gasteiger partial charge in [0.25, 0.3) is 0 Å². The maximum absolute atomic E-state index is 13.0. The second-order valence-corrected chi connectivity index (χ2v) is 7.33. The molecule has 0 fully saturated rings. The molecule has 1 heterocycles. The van der Waals surface area contributed by atoms with Gasteiger partial charge in [0.05, 0.1) is 12.7 Å². The number of nitrogens with zero attached hydrogens (tertiary/aromatic N) is 2. The molecular weight excluding hydrogens is 349 g/mol. The summed E-state index contributed by atoms with van der Waals surface area (Å²) in [5, 5.41) is 2.85. The Morgan fingerprint density at radius 1 is 1.22 bits per heavy atom. The Morgan fingerprint density at radius 3 is 2.48 bits per heavy atom. The zero-order valence-corrected chi connectivity index (χ0v) is 16.2. The van der Waals surface area contributed by atoms with Gasteiger partial charge in [-0.05, 0) is 52.0 Å². The van der Waals surface area contributed by atoms with Crippen LogP contribution in [0.15, 0.2) is 34.9 Å². The van der Waals surface area contributed by atoms with Crippen LogP contribution in [0.5, 0.6) is 0 Å². The third-order valence-electron chi connectivity index (χ3n) is 3.82. The Labute approximate surface area is 158 Å². The molecule has 2 rings (SSSR count). The first-order valence-corrected chi connectivity index (χ1v) is 8.97. The number of oxazole rings is 1. The van der Waals surface area contributed by atoms with Gasteiger partial charge in [0.2, 0.25) is 11.8 Å². The molecule has 0 saturated heterocycles. The lowest BCUT2D eigenvalue weighted by Gasteiger charge is -2.25. The molecule has 1 aromatic heterocycles. The minimum Gasteiger partial charge on any atom is -0.441 e. The summed E-state index contributed by atoms with van der Waals surface area (Å²) in [5.41, 5.74) is 0.379. The number of halogens is 1. The number of aromatic nitrogens is 1. The molecule has 0 aliphatic rings. The van der Waals surface area contributed by atoms with Gasteiger partial charge in [0.15, 0.2) is 11.7 Å². The van der Waals surface area contributed by atoms with E-state index in [2.05, 4.69) is 10.3 Å². The smallest absolute Gasteiger partial charge is 0.240 e. The highest BCUT2D eigenvalue weighted by molar-refractivity contribution is 5.85. The highest BCUT2D eigenvalue weighted by atomic mass is 19.1. The number of carbonyl (C=O) groups is 2. The van der Waals surface area contributed by atoms with Crippen molar-refractivity contribution in [1.82, 2.24) is 15.2 Å². The minimum atomic E-state index is -0.339. The second kappa shape index (κ2) is 8.79. The Morgan fingerprint density at radius 2 is 1.89 bits per heavy atom. The van der Waals surface area contributed by atoms with E-state index >= 15 is 0 Å². The molecule has 1 N–H and O–H groups in total. The van der Waals surface area contributed by atoms with Crippen molar-refractivity contribution < 1.29 is 18.4 Å². The fraction of sp³-hybridized carbons (Fsp3) is 0.450. The first-order chi connectivity index (χ1) is 12.7. The molecule has 0 saturated carbocycles. The van der Waals surface area contributed by atoms with Crippen molar-refractivity contribution in [1.29, 1.82) is 0 Å². The number of rotatable bonds is 7. The molecule has 27 heavy (non-hydrogen) atoms. The van der Waals surface area contributed by atoms with Crippen LogP contribution in [0.1, 0.15) is 40.0 Å². The molecule has 0 radical (unpaired) electrons. The van der Waals surface area contributed by atoms with Crippen molar-refractivity contribution in [2.45, 2.75) is 46.1 Å². The molecule has 0 aliphatic heterocycles. The summed E-state index contributed by atoms with van der Waals surface area (Å²) in [6.45, 7) is 7.99. The average molecular weight is 375 g/mol. The zero-order valence-electron chi connectivity index (χ0n) is 16.2. The summed E-state index contributed by atoms with van der Waals surface area (Å²) >= 11 is 0. The number of nitrogens with one attached hydrogen (secondary N) is 1. The van der Waals surface area contributed by atoms with Gasteiger partial charge in [-0.25, -0.2) is 9.37 Å². The molecule has 0 unspecified atom stereocenters. The van der Waals surface area contributed by atoms with Gasteiger partial charge in [0, 0.05) is 30.5 Å². The number of hydrogen-bond donors (Lipinski definition) is 1. The SMILES string of the molecule is CCN(CC(=O)NC(C)(C)C)C(=O)CCc1ncc(-c2ccc(F)cc2)o1. The molecule has 1 aromatic carbocycles. The molecule has 0 atom stereocenters. The first-order valence-electron chi connectivity index (χ1n) is 8.97. The summed E-state index contributed by atoms with van der Waals surface area (Å²) in [6, 6.07) is 5.92. The van der Waals surface area contributed by atoms with Crippen LogP contribution in [-0.4, -0.2) is 40.3 Å². The van der Waals surface area contributed by atoms with Crippen LogP contribution in [0.4, 0.5) is 4.39 Å². The maximum atomic E-state index is 13.0. The van der Waals surface area contributed by atoms with Crippen LogP contribution in [0, 0.1) is 5.82 Å². The van der Waals surface area contributed by atoms with Crippen LogP contribution in [0.2, 0.25) is 0 Å². The normalized spacial score (nSPS) is 11.3. The Balaban J connectivity index is 1.90. The van der Waals surface area contributed by atoms with E-state index in [4.69, 9.17) is 4.42 Å². The molecular formula is C20H26FN3O3. The third-order valence-corrected chi connectivity index (χ3v) is 3.82. The molecule has 7 heteroatoms. The molecule has 2 aromatic rings. The van der Waals surface area contributed by atoms with Crippen molar-refractivity contribution in [3.63, 3.8) is 0 Å². The van der Waals surface area contributed by atoms with E-state index in [1.54, 1.807) is 18.3 Å². The fourth-order valence-corrected chi connectivity index (χ4v) is 2.55. The topological polar surface area (TPSA) is 75.4 Å². The van der Waals surface area contributed by atoms with Crippen molar-refractivity contribution in [3.05, 3.63) is 42.2 Å². The van der Waals surface area contributed by atoms with E-state index in [1.165, 1.54) is 17.0 Å². The van der Waals surface area contributed by atoms with Gasteiger partial charge in [0.1, 0.15) is 5.82 Å². The summed E-state index contributed by atoms with van der Waals surface area (Å²) in [4.78, 5) is 30.1. The highest BCUT2D eigenvalue weighted by Gasteiger charge is 2.20. The number of amides is 2. The van der Waals surface area contributed by atoms with Crippen molar-refractivity contribution in [2.24, 2.45) is 0 Å². The van der Waals surface area contributed by atoms with Crippen LogP contribution in [-0.2, 0) is 16.0 Å². The fourth-order valence-electron chi connectivity index (χ4n) is 2.55. The average Bonchev–Trinajstić information content (AvgIpc) is 3.05. The third kappa shape index (κ3) is 6.51. The summed E-state index contributed by atoms with van der Waals surface area (Å²) in [7, 11) is 0. The molecule has 0 bridgehead atoms. The molecule has 0 aliphatic carbocycles. The largest absolute Gasteiger partial charge is 0.441 e. The molecule has 0 spiro atoms. The Hall–Kier alpha value is -2.70. The van der Waals surface area contributed by atoms with E-state index in [9.17, 15) is 14.0 Å². The van der Waals surface area contributed by atoms with Gasteiger partial charge < -0.3 is 14.6 Å². The standard InChI is InChI=1S/C20H26FN3O3/c1-5-24(13-17(25)23-20(2,3)4)19(26)11-10-18-22-12-16(27-18)14-6-8-15(21)9-7-14/h6-9,12H,5,10-11,13H2,1-4H3,(H,23,25). The van der Waals surface area contributed by atoms with Crippen LogP contribution in [0.25, 0.3) is 11.3 Å². The lowest BCUT2D eigenvalue weighted by molar-refractivity contribution is -0.136. The van der Waals surface area contributed by atoms with Crippen molar-refractivity contribution in [2.75, 3.05) is 13.1 Å². The number of likely N-dealkylation sites (N-methyl/N-ethyl adjacent to an activating group) is 1. The lowest BCUT2D eigenvalue weighted by Crippen LogP contribution is -2.47. The second-order valence-electron chi connectivity index (χ2n) is 7.33. The maximum Gasteiger partial charge on any atom is 0.240 e.